The molecular weight excluding hydrogens is 222 g/mol. The van der Waals surface area contributed by atoms with Gasteiger partial charge >= 0.3 is 0 Å². The molecule has 0 spiro atoms. The molecule has 0 amide bonds. The SMILES string of the molecule is CC(c1cccnc1)N1CC2CCCC(N)C2C1. The van der Waals surface area contributed by atoms with E-state index < -0.39 is 0 Å². The molecule has 98 valence electrons. The second kappa shape index (κ2) is 4.98. The highest BCUT2D eigenvalue weighted by Gasteiger charge is 2.40. The van der Waals surface area contributed by atoms with Crippen LogP contribution in [0.2, 0.25) is 0 Å². The highest BCUT2D eigenvalue weighted by molar-refractivity contribution is 5.14. The quantitative estimate of drug-likeness (QED) is 0.868. The van der Waals surface area contributed by atoms with E-state index in [4.69, 9.17) is 5.73 Å². The summed E-state index contributed by atoms with van der Waals surface area (Å²) >= 11 is 0. The zero-order valence-electron chi connectivity index (χ0n) is 11.1. The number of hydrogen-bond acceptors (Lipinski definition) is 3. The van der Waals surface area contributed by atoms with Gasteiger partial charge in [0.1, 0.15) is 0 Å². The Labute approximate surface area is 109 Å². The molecule has 3 nitrogen and oxygen atoms in total. The Hall–Kier alpha value is -0.930. The second-order valence-electron chi connectivity index (χ2n) is 5.93. The van der Waals surface area contributed by atoms with Crippen LogP contribution < -0.4 is 5.73 Å². The summed E-state index contributed by atoms with van der Waals surface area (Å²) in [5.74, 6) is 1.55. The molecule has 1 aromatic rings. The van der Waals surface area contributed by atoms with Crippen molar-refractivity contribution >= 4 is 0 Å². The van der Waals surface area contributed by atoms with Crippen LogP contribution in [0, 0.1) is 11.8 Å². The normalized spacial score (nSPS) is 34.2. The molecule has 1 saturated carbocycles. The molecule has 4 atom stereocenters. The lowest BCUT2D eigenvalue weighted by Gasteiger charge is -2.30. The largest absolute Gasteiger partial charge is 0.327 e. The predicted octanol–water partition coefficient (Wildman–Crippen LogP) is 2.20. The van der Waals surface area contributed by atoms with E-state index in [1.54, 1.807) is 0 Å². The molecule has 0 radical (unpaired) electrons. The van der Waals surface area contributed by atoms with Gasteiger partial charge in [0.25, 0.3) is 0 Å². The Balaban J connectivity index is 1.71. The number of pyridine rings is 1. The first-order valence-electron chi connectivity index (χ1n) is 7.15. The van der Waals surface area contributed by atoms with Crippen molar-refractivity contribution in [1.29, 1.82) is 0 Å². The van der Waals surface area contributed by atoms with Crippen molar-refractivity contribution < 1.29 is 0 Å². The molecule has 2 aliphatic rings. The summed E-state index contributed by atoms with van der Waals surface area (Å²) in [5, 5.41) is 0. The Bertz CT molecular complexity index is 392. The van der Waals surface area contributed by atoms with E-state index >= 15 is 0 Å². The van der Waals surface area contributed by atoms with Gasteiger partial charge in [0, 0.05) is 37.6 Å². The van der Waals surface area contributed by atoms with Crippen molar-refractivity contribution in [3.05, 3.63) is 30.1 Å². The molecule has 3 heteroatoms. The van der Waals surface area contributed by atoms with Crippen LogP contribution in [-0.2, 0) is 0 Å². The minimum atomic E-state index is 0.426. The molecule has 1 aromatic heterocycles. The molecule has 3 rings (SSSR count). The zero-order valence-corrected chi connectivity index (χ0v) is 11.1. The number of hydrogen-bond donors (Lipinski definition) is 1. The molecule has 0 bridgehead atoms. The molecule has 1 aliphatic carbocycles. The number of aromatic nitrogens is 1. The third-order valence-corrected chi connectivity index (χ3v) is 4.90. The first kappa shape index (κ1) is 12.1. The molecule has 2 N–H and O–H groups in total. The van der Waals surface area contributed by atoms with Crippen LogP contribution in [0.15, 0.2) is 24.5 Å². The van der Waals surface area contributed by atoms with Crippen molar-refractivity contribution in [3.8, 4) is 0 Å². The van der Waals surface area contributed by atoms with E-state index in [9.17, 15) is 0 Å². The Kier molecular flexibility index (Phi) is 3.35. The van der Waals surface area contributed by atoms with E-state index in [0.29, 0.717) is 12.1 Å². The standard InChI is InChI=1S/C15H23N3/c1-11(12-5-3-7-17-8-12)18-9-13-4-2-6-15(16)14(13)10-18/h3,5,7-8,11,13-15H,2,4,6,9-10,16H2,1H3. The van der Waals surface area contributed by atoms with Gasteiger partial charge in [-0.25, -0.2) is 0 Å². The van der Waals surface area contributed by atoms with Crippen LogP contribution in [0.1, 0.15) is 37.8 Å². The first-order valence-corrected chi connectivity index (χ1v) is 7.15. The average Bonchev–Trinajstić information content (AvgIpc) is 2.84. The summed E-state index contributed by atoms with van der Waals surface area (Å²) < 4.78 is 0. The number of rotatable bonds is 2. The lowest BCUT2D eigenvalue weighted by atomic mass is 9.78. The predicted molar refractivity (Wildman–Crippen MR) is 73.0 cm³/mol. The van der Waals surface area contributed by atoms with Crippen molar-refractivity contribution in [2.45, 2.75) is 38.3 Å². The minimum Gasteiger partial charge on any atom is -0.327 e. The van der Waals surface area contributed by atoms with Crippen LogP contribution >= 0.6 is 0 Å². The number of nitrogens with zero attached hydrogens (tertiary/aromatic N) is 2. The molecule has 18 heavy (non-hydrogen) atoms. The third-order valence-electron chi connectivity index (χ3n) is 4.90. The molecule has 2 heterocycles. The van der Waals surface area contributed by atoms with Gasteiger partial charge in [-0.05, 0) is 43.2 Å². The maximum absolute atomic E-state index is 6.28. The summed E-state index contributed by atoms with van der Waals surface area (Å²) in [6.07, 6.45) is 7.74. The van der Waals surface area contributed by atoms with Crippen molar-refractivity contribution in [2.24, 2.45) is 17.6 Å². The Morgan fingerprint density at radius 3 is 3.00 bits per heavy atom. The molecule has 1 aliphatic heterocycles. The Morgan fingerprint density at radius 1 is 1.39 bits per heavy atom. The summed E-state index contributed by atoms with van der Waals surface area (Å²) in [7, 11) is 0. The number of likely N-dealkylation sites (tertiary alicyclic amines) is 1. The van der Waals surface area contributed by atoms with Gasteiger partial charge in [0.05, 0.1) is 0 Å². The molecule has 0 aromatic carbocycles. The maximum atomic E-state index is 6.28. The average molecular weight is 245 g/mol. The summed E-state index contributed by atoms with van der Waals surface area (Å²) in [5.41, 5.74) is 7.61. The topological polar surface area (TPSA) is 42.2 Å². The highest BCUT2D eigenvalue weighted by atomic mass is 15.2. The third kappa shape index (κ3) is 2.17. The molecule has 1 saturated heterocycles. The van der Waals surface area contributed by atoms with Crippen molar-refractivity contribution in [3.63, 3.8) is 0 Å². The fraction of sp³-hybridized carbons (Fsp3) is 0.667. The van der Waals surface area contributed by atoms with Crippen LogP contribution in [0.4, 0.5) is 0 Å². The smallest absolute Gasteiger partial charge is 0.0335 e. The van der Waals surface area contributed by atoms with Gasteiger partial charge in [0.15, 0.2) is 0 Å². The van der Waals surface area contributed by atoms with E-state index in [0.717, 1.165) is 11.8 Å². The zero-order chi connectivity index (χ0) is 12.5. The van der Waals surface area contributed by atoms with Gasteiger partial charge in [-0.15, -0.1) is 0 Å². The van der Waals surface area contributed by atoms with Crippen LogP contribution in [-0.4, -0.2) is 29.0 Å². The van der Waals surface area contributed by atoms with Gasteiger partial charge < -0.3 is 5.73 Å². The highest BCUT2D eigenvalue weighted by Crippen LogP contribution is 2.38. The van der Waals surface area contributed by atoms with E-state index in [1.165, 1.54) is 37.9 Å². The summed E-state index contributed by atoms with van der Waals surface area (Å²) in [4.78, 5) is 6.83. The lowest BCUT2D eigenvalue weighted by molar-refractivity contribution is 0.245. The molecule has 4 unspecified atom stereocenters. The summed E-state index contributed by atoms with van der Waals surface area (Å²) in [6.45, 7) is 4.68. The fourth-order valence-electron chi connectivity index (χ4n) is 3.70. The van der Waals surface area contributed by atoms with Crippen LogP contribution in [0.3, 0.4) is 0 Å². The first-order chi connectivity index (χ1) is 8.75. The van der Waals surface area contributed by atoms with Gasteiger partial charge in [0.2, 0.25) is 0 Å². The molecule has 2 fully saturated rings. The van der Waals surface area contributed by atoms with Crippen molar-refractivity contribution in [2.75, 3.05) is 13.1 Å². The van der Waals surface area contributed by atoms with Gasteiger partial charge in [-0.1, -0.05) is 12.5 Å². The number of nitrogens with two attached hydrogens (primary N) is 1. The second-order valence-corrected chi connectivity index (χ2v) is 5.93. The van der Waals surface area contributed by atoms with Crippen molar-refractivity contribution in [1.82, 2.24) is 9.88 Å². The number of fused-ring (bicyclic) bond motifs is 1. The van der Waals surface area contributed by atoms with Crippen LogP contribution in [0.25, 0.3) is 0 Å². The van der Waals surface area contributed by atoms with Gasteiger partial charge in [-0.2, -0.15) is 0 Å². The lowest BCUT2D eigenvalue weighted by Crippen LogP contribution is -2.38. The van der Waals surface area contributed by atoms with E-state index in [2.05, 4.69) is 22.9 Å². The monoisotopic (exact) mass is 245 g/mol. The maximum Gasteiger partial charge on any atom is 0.0335 e. The van der Waals surface area contributed by atoms with Gasteiger partial charge in [-0.3, -0.25) is 9.88 Å². The minimum absolute atomic E-state index is 0.426. The van der Waals surface area contributed by atoms with Crippen LogP contribution in [0.5, 0.6) is 0 Å². The molecular formula is C15H23N3. The Morgan fingerprint density at radius 2 is 2.28 bits per heavy atom. The summed E-state index contributed by atoms with van der Waals surface area (Å²) in [6, 6.07) is 5.10. The van der Waals surface area contributed by atoms with E-state index in [-0.39, 0.29) is 0 Å². The van der Waals surface area contributed by atoms with E-state index in [1.807, 2.05) is 18.5 Å². The fourth-order valence-corrected chi connectivity index (χ4v) is 3.70.